The Morgan fingerprint density at radius 3 is 2.09 bits per heavy atom. The van der Waals surface area contributed by atoms with Crippen molar-refractivity contribution < 1.29 is 14.7 Å². The van der Waals surface area contributed by atoms with E-state index in [4.69, 9.17) is 21.4 Å². The molecule has 0 saturated heterocycles. The van der Waals surface area contributed by atoms with Crippen molar-refractivity contribution in [1.82, 2.24) is 0 Å². The van der Waals surface area contributed by atoms with E-state index in [1.54, 1.807) is 12.1 Å². The van der Waals surface area contributed by atoms with Crippen molar-refractivity contribution >= 4 is 24.9 Å². The van der Waals surface area contributed by atoms with Crippen molar-refractivity contribution in [2.45, 2.75) is 0 Å². The van der Waals surface area contributed by atoms with Gasteiger partial charge in [-0.2, -0.15) is 0 Å². The largest absolute Gasteiger partial charge is 0.480 e. The Morgan fingerprint density at radius 2 is 1.73 bits per heavy atom. The second kappa shape index (κ2) is 8.66. The van der Waals surface area contributed by atoms with Crippen molar-refractivity contribution in [1.29, 1.82) is 0 Å². The molecule has 1 rings (SSSR count). The molecule has 0 bridgehead atoms. The maximum Gasteiger partial charge on any atom is 0.325 e. The van der Waals surface area contributed by atoms with Crippen LogP contribution in [0.2, 0.25) is 0 Å². The number of rotatable bonds is 9. The fraction of sp³-hybridized carbons (Fsp3) is 0.267. The lowest BCUT2D eigenvalue weighted by Gasteiger charge is -2.23. The van der Waals surface area contributed by atoms with Crippen molar-refractivity contribution in [3.05, 3.63) is 48.1 Å². The molecule has 5 N–H and O–H groups in total. The number of carboxylic acid groups (broad SMARTS) is 1. The summed E-state index contributed by atoms with van der Waals surface area (Å²) in [7, 11) is 0.581. The molecule has 1 aromatic carbocycles. The summed E-state index contributed by atoms with van der Waals surface area (Å²) in [6.45, 7) is 8.51. The molecule has 7 heteroatoms. The molecule has 1 aromatic rings. The molecule has 0 saturated carbocycles. The van der Waals surface area contributed by atoms with E-state index in [0.717, 1.165) is 15.9 Å². The first-order valence-corrected chi connectivity index (χ1v) is 7.98. The summed E-state index contributed by atoms with van der Waals surface area (Å²) in [6, 6.07) is 7.39. The van der Waals surface area contributed by atoms with Gasteiger partial charge in [-0.1, -0.05) is 25.3 Å². The van der Waals surface area contributed by atoms with Gasteiger partial charge in [0.2, 0.25) is 0 Å². The summed E-state index contributed by atoms with van der Waals surface area (Å²) in [5, 5.41) is 13.0. The predicted octanol–water partition coefficient (Wildman–Crippen LogP) is 1.19. The van der Waals surface area contributed by atoms with Crippen LogP contribution in [0.1, 0.15) is 0 Å². The number of nitrogens with zero attached hydrogens (tertiary/aromatic N) is 1. The van der Waals surface area contributed by atoms with E-state index in [0.29, 0.717) is 18.8 Å². The van der Waals surface area contributed by atoms with Gasteiger partial charge < -0.3 is 16.6 Å². The molecule has 0 aromatic heterocycles. The van der Waals surface area contributed by atoms with Crippen molar-refractivity contribution in [3.63, 3.8) is 0 Å². The summed E-state index contributed by atoms with van der Waals surface area (Å²) in [4.78, 5) is 15.9. The first-order valence-electron chi connectivity index (χ1n) is 6.63. The third-order valence-electron chi connectivity index (χ3n) is 3.00. The molecule has 0 aliphatic heterocycles. The number of anilines is 1. The van der Waals surface area contributed by atoms with Crippen LogP contribution in [0.3, 0.4) is 0 Å². The molecule has 0 radical (unpaired) electrons. The molecule has 0 atom stereocenters. The maximum atomic E-state index is 10.8. The van der Waals surface area contributed by atoms with Crippen LogP contribution in [0.25, 0.3) is 0 Å². The molecule has 0 heterocycles. The van der Waals surface area contributed by atoms with Gasteiger partial charge in [-0.15, -0.1) is 0 Å². The molecular formula is C15H22N3O3P. The summed E-state index contributed by atoms with van der Waals surface area (Å²) in [6.07, 6.45) is 0. The molecule has 0 aliphatic carbocycles. The van der Waals surface area contributed by atoms with E-state index >= 15 is 0 Å². The minimum absolute atomic E-state index is 0.240. The molecule has 120 valence electrons. The fourth-order valence-electron chi connectivity index (χ4n) is 1.92. The Bertz CT molecular complexity index is 529. The van der Waals surface area contributed by atoms with Crippen LogP contribution in [0.5, 0.6) is 0 Å². The zero-order valence-corrected chi connectivity index (χ0v) is 13.6. The molecule has 0 amide bonds. The van der Waals surface area contributed by atoms with Crippen LogP contribution in [0.15, 0.2) is 48.1 Å². The lowest BCUT2D eigenvalue weighted by atomic mass is 10.3. The Balaban J connectivity index is 3.05. The quantitative estimate of drug-likeness (QED) is 0.466. The Hall–Kier alpha value is -1.72. The normalized spacial score (nSPS) is 10.5. The predicted molar refractivity (Wildman–Crippen MR) is 91.4 cm³/mol. The smallest absolute Gasteiger partial charge is 0.325 e. The van der Waals surface area contributed by atoms with E-state index in [1.807, 2.05) is 12.1 Å². The number of nitrogens with two attached hydrogens (primary N) is 2. The van der Waals surface area contributed by atoms with Gasteiger partial charge in [0.1, 0.15) is 6.54 Å². The van der Waals surface area contributed by atoms with Gasteiger partial charge in [0.05, 0.1) is 12.8 Å². The SMILES string of the molecule is C=C(CN)P(C(=C)CN)c1ccc(N(CC(=O)O)OC)cc1. The zero-order chi connectivity index (χ0) is 16.7. The van der Waals surface area contributed by atoms with Gasteiger partial charge >= 0.3 is 5.97 Å². The van der Waals surface area contributed by atoms with Gasteiger partial charge in [0.15, 0.2) is 0 Å². The Kier molecular flexibility index (Phi) is 7.21. The number of carbonyl (C=O) groups is 1. The number of aliphatic carboxylic acids is 1. The minimum atomic E-state index is -0.971. The number of hydroxylamine groups is 1. The highest BCUT2D eigenvalue weighted by molar-refractivity contribution is 7.73. The molecule has 0 aliphatic rings. The minimum Gasteiger partial charge on any atom is -0.480 e. The molecular weight excluding hydrogens is 301 g/mol. The average Bonchev–Trinajstić information content (AvgIpc) is 2.52. The van der Waals surface area contributed by atoms with E-state index < -0.39 is 13.9 Å². The lowest BCUT2D eigenvalue weighted by molar-refractivity contribution is -0.136. The van der Waals surface area contributed by atoms with Gasteiger partial charge in [0.25, 0.3) is 0 Å². The summed E-state index contributed by atoms with van der Waals surface area (Å²) in [5.74, 6) is -0.971. The average molecular weight is 323 g/mol. The summed E-state index contributed by atoms with van der Waals surface area (Å²) >= 11 is 0. The molecule has 22 heavy (non-hydrogen) atoms. The van der Waals surface area contributed by atoms with Gasteiger partial charge in [-0.25, -0.2) is 5.06 Å². The topological polar surface area (TPSA) is 102 Å². The van der Waals surface area contributed by atoms with E-state index in [9.17, 15) is 4.79 Å². The number of carboxylic acids is 1. The van der Waals surface area contributed by atoms with Crippen LogP contribution in [-0.4, -0.2) is 37.8 Å². The highest BCUT2D eigenvalue weighted by atomic mass is 31.1. The Morgan fingerprint density at radius 1 is 1.23 bits per heavy atom. The second-order valence-electron chi connectivity index (χ2n) is 4.51. The molecule has 0 fully saturated rings. The van der Waals surface area contributed by atoms with Crippen molar-refractivity contribution in [2.24, 2.45) is 11.5 Å². The van der Waals surface area contributed by atoms with Crippen LogP contribution in [0, 0.1) is 0 Å². The summed E-state index contributed by atoms with van der Waals surface area (Å²) in [5.41, 5.74) is 12.1. The monoisotopic (exact) mass is 323 g/mol. The van der Waals surface area contributed by atoms with Crippen LogP contribution in [-0.2, 0) is 9.63 Å². The first kappa shape index (κ1) is 18.3. The highest BCUT2D eigenvalue weighted by Gasteiger charge is 2.17. The van der Waals surface area contributed by atoms with Gasteiger partial charge in [-0.05, 0) is 36.0 Å². The molecule has 0 unspecified atom stereocenters. The standard InChI is InChI=1S/C15H22N3O3P/c1-11(8-16)22(12(2)9-17)14-6-4-13(5-7-14)18(21-3)10-15(19)20/h4-7H,1-2,8-10,16-17H2,3H3,(H,19,20). The number of benzene rings is 1. The van der Waals surface area contributed by atoms with Crippen molar-refractivity contribution in [2.75, 3.05) is 31.8 Å². The third-order valence-corrected chi connectivity index (χ3v) is 5.44. The van der Waals surface area contributed by atoms with Crippen molar-refractivity contribution in [3.8, 4) is 0 Å². The van der Waals surface area contributed by atoms with Crippen LogP contribution in [0.4, 0.5) is 5.69 Å². The summed E-state index contributed by atoms with van der Waals surface area (Å²) < 4.78 is 0. The zero-order valence-electron chi connectivity index (χ0n) is 12.7. The van der Waals surface area contributed by atoms with E-state index in [-0.39, 0.29) is 6.54 Å². The van der Waals surface area contributed by atoms with Gasteiger partial charge in [0, 0.05) is 13.1 Å². The van der Waals surface area contributed by atoms with Gasteiger partial charge in [-0.3, -0.25) is 9.63 Å². The molecule has 0 spiro atoms. The lowest BCUT2D eigenvalue weighted by Crippen LogP contribution is -2.28. The van der Waals surface area contributed by atoms with E-state index in [1.165, 1.54) is 12.2 Å². The van der Waals surface area contributed by atoms with Crippen LogP contribution >= 0.6 is 7.92 Å². The third kappa shape index (κ3) is 4.64. The van der Waals surface area contributed by atoms with E-state index in [2.05, 4.69) is 13.2 Å². The first-order chi connectivity index (χ1) is 10.4. The second-order valence-corrected chi connectivity index (χ2v) is 6.96. The van der Waals surface area contributed by atoms with Crippen LogP contribution < -0.4 is 21.8 Å². The number of hydrogen-bond donors (Lipinski definition) is 3. The fourth-order valence-corrected chi connectivity index (χ4v) is 3.91. The molecule has 6 nitrogen and oxygen atoms in total. The Labute approximate surface area is 131 Å². The number of hydrogen-bond acceptors (Lipinski definition) is 5. The maximum absolute atomic E-state index is 10.8. The highest BCUT2D eigenvalue weighted by Crippen LogP contribution is 2.48.